The van der Waals surface area contributed by atoms with Gasteiger partial charge in [0.15, 0.2) is 5.82 Å². The summed E-state index contributed by atoms with van der Waals surface area (Å²) in [6, 6.07) is 2.29. The van der Waals surface area contributed by atoms with Crippen LogP contribution in [0.4, 0.5) is 10.1 Å². The summed E-state index contributed by atoms with van der Waals surface area (Å²) in [5.74, 6) is -0.953. The SMILES string of the molecule is CCN(CCCN(C)C)S(=O)(=O)c1cc(Cl)cc(N)c1F. The summed E-state index contributed by atoms with van der Waals surface area (Å²) in [6.07, 6.45) is 0.651. The second kappa shape index (κ2) is 7.40. The minimum Gasteiger partial charge on any atom is -0.396 e. The first-order valence-corrected chi connectivity index (χ1v) is 8.41. The Morgan fingerprint density at radius 1 is 1.29 bits per heavy atom. The molecule has 0 aliphatic heterocycles. The van der Waals surface area contributed by atoms with E-state index >= 15 is 0 Å². The van der Waals surface area contributed by atoms with Gasteiger partial charge < -0.3 is 10.6 Å². The normalized spacial score (nSPS) is 12.3. The van der Waals surface area contributed by atoms with E-state index < -0.39 is 20.7 Å². The number of anilines is 1. The molecule has 0 aliphatic carbocycles. The van der Waals surface area contributed by atoms with Gasteiger partial charge in [0.25, 0.3) is 0 Å². The molecule has 0 spiro atoms. The first-order valence-electron chi connectivity index (χ1n) is 6.59. The fourth-order valence-corrected chi connectivity index (χ4v) is 3.82. The predicted octanol–water partition coefficient (Wildman–Crippen LogP) is 2.02. The number of hydrogen-bond acceptors (Lipinski definition) is 4. The van der Waals surface area contributed by atoms with Crippen molar-refractivity contribution in [3.8, 4) is 0 Å². The van der Waals surface area contributed by atoms with Crippen molar-refractivity contribution in [3.05, 3.63) is 23.0 Å². The number of nitrogens with zero attached hydrogens (tertiary/aromatic N) is 2. The summed E-state index contributed by atoms with van der Waals surface area (Å²) >= 11 is 5.79. The molecule has 0 atom stereocenters. The van der Waals surface area contributed by atoms with Crippen LogP contribution in [0.1, 0.15) is 13.3 Å². The topological polar surface area (TPSA) is 66.6 Å². The molecule has 0 bridgehead atoms. The highest BCUT2D eigenvalue weighted by molar-refractivity contribution is 7.89. The van der Waals surface area contributed by atoms with Crippen molar-refractivity contribution in [2.24, 2.45) is 0 Å². The van der Waals surface area contributed by atoms with Gasteiger partial charge in [0, 0.05) is 18.1 Å². The highest BCUT2D eigenvalue weighted by Crippen LogP contribution is 2.27. The maximum atomic E-state index is 14.0. The fraction of sp³-hybridized carbons (Fsp3) is 0.538. The third-order valence-electron chi connectivity index (χ3n) is 3.02. The van der Waals surface area contributed by atoms with E-state index in [9.17, 15) is 12.8 Å². The molecule has 1 aromatic rings. The van der Waals surface area contributed by atoms with E-state index in [4.69, 9.17) is 17.3 Å². The lowest BCUT2D eigenvalue weighted by Gasteiger charge is -2.22. The van der Waals surface area contributed by atoms with Crippen molar-refractivity contribution >= 4 is 27.3 Å². The number of nitrogen functional groups attached to an aromatic ring is 1. The van der Waals surface area contributed by atoms with Gasteiger partial charge in [0.05, 0.1) is 5.69 Å². The molecular formula is C13H21ClFN3O2S. The van der Waals surface area contributed by atoms with Crippen molar-refractivity contribution < 1.29 is 12.8 Å². The standard InChI is InChI=1S/C13H21ClFN3O2S/c1-4-18(7-5-6-17(2)3)21(19,20)12-9-10(14)8-11(16)13(12)15/h8-9H,4-7,16H2,1-3H3. The Bertz CT molecular complexity index is 593. The van der Waals surface area contributed by atoms with Gasteiger partial charge in [-0.25, -0.2) is 12.8 Å². The van der Waals surface area contributed by atoms with Crippen LogP contribution in [0.25, 0.3) is 0 Å². The number of rotatable bonds is 7. The van der Waals surface area contributed by atoms with E-state index in [-0.39, 0.29) is 17.3 Å². The van der Waals surface area contributed by atoms with E-state index in [1.165, 1.54) is 10.4 Å². The molecule has 1 rings (SSSR count). The number of hydrogen-bond donors (Lipinski definition) is 1. The van der Waals surface area contributed by atoms with Crippen LogP contribution in [-0.4, -0.2) is 51.4 Å². The van der Waals surface area contributed by atoms with Gasteiger partial charge in [0.2, 0.25) is 10.0 Å². The van der Waals surface area contributed by atoms with Crippen LogP contribution in [0.5, 0.6) is 0 Å². The lowest BCUT2D eigenvalue weighted by molar-refractivity contribution is 0.355. The van der Waals surface area contributed by atoms with Crippen LogP contribution in [0.2, 0.25) is 5.02 Å². The van der Waals surface area contributed by atoms with E-state index in [0.29, 0.717) is 13.0 Å². The Balaban J connectivity index is 3.08. The molecular weight excluding hydrogens is 317 g/mol. The molecule has 0 fully saturated rings. The number of nitrogens with two attached hydrogens (primary N) is 1. The van der Waals surface area contributed by atoms with Gasteiger partial charge in [0.1, 0.15) is 4.90 Å². The second-order valence-electron chi connectivity index (χ2n) is 4.96. The largest absolute Gasteiger partial charge is 0.396 e. The highest BCUT2D eigenvalue weighted by Gasteiger charge is 2.27. The highest BCUT2D eigenvalue weighted by atomic mass is 35.5. The lowest BCUT2D eigenvalue weighted by atomic mass is 10.3. The molecule has 1 aromatic carbocycles. The second-order valence-corrected chi connectivity index (χ2v) is 7.30. The summed E-state index contributed by atoms with van der Waals surface area (Å²) < 4.78 is 40.3. The molecule has 0 amide bonds. The van der Waals surface area contributed by atoms with Crippen molar-refractivity contribution in [1.82, 2.24) is 9.21 Å². The minimum absolute atomic E-state index is 0.0943. The van der Waals surface area contributed by atoms with Crippen LogP contribution in [0, 0.1) is 5.82 Å². The molecule has 5 nitrogen and oxygen atoms in total. The van der Waals surface area contributed by atoms with Crippen LogP contribution in [-0.2, 0) is 10.0 Å². The van der Waals surface area contributed by atoms with Crippen LogP contribution in [0.15, 0.2) is 17.0 Å². The molecule has 0 heterocycles. The van der Waals surface area contributed by atoms with Crippen molar-refractivity contribution in [2.75, 3.05) is 39.5 Å². The first-order chi connectivity index (χ1) is 9.70. The Labute approximate surface area is 130 Å². The fourth-order valence-electron chi connectivity index (χ4n) is 1.92. The molecule has 0 aliphatic rings. The van der Waals surface area contributed by atoms with E-state index in [0.717, 1.165) is 12.6 Å². The lowest BCUT2D eigenvalue weighted by Crippen LogP contribution is -2.34. The van der Waals surface area contributed by atoms with Gasteiger partial charge in [-0.05, 0) is 39.2 Å². The monoisotopic (exact) mass is 337 g/mol. The molecule has 0 saturated carbocycles. The van der Waals surface area contributed by atoms with Crippen molar-refractivity contribution in [1.29, 1.82) is 0 Å². The zero-order chi connectivity index (χ0) is 16.2. The molecule has 0 radical (unpaired) electrons. The molecule has 120 valence electrons. The summed E-state index contributed by atoms with van der Waals surface area (Å²) in [5, 5.41) is 0.0943. The quantitative estimate of drug-likeness (QED) is 0.773. The maximum Gasteiger partial charge on any atom is 0.246 e. The Hall–Kier alpha value is -0.890. The van der Waals surface area contributed by atoms with Crippen LogP contribution < -0.4 is 5.73 Å². The molecule has 0 saturated heterocycles. The Morgan fingerprint density at radius 3 is 2.43 bits per heavy atom. The summed E-state index contributed by atoms with van der Waals surface area (Å²) in [6.45, 7) is 3.01. The van der Waals surface area contributed by atoms with Gasteiger partial charge in [-0.2, -0.15) is 4.31 Å². The van der Waals surface area contributed by atoms with Gasteiger partial charge in [-0.1, -0.05) is 18.5 Å². The summed E-state index contributed by atoms with van der Waals surface area (Å²) in [4.78, 5) is 1.48. The molecule has 8 heteroatoms. The van der Waals surface area contributed by atoms with Crippen LogP contribution >= 0.6 is 11.6 Å². The first kappa shape index (κ1) is 18.2. The maximum absolute atomic E-state index is 14.0. The predicted molar refractivity (Wildman–Crippen MR) is 83.4 cm³/mol. The third-order valence-corrected chi connectivity index (χ3v) is 5.21. The molecule has 0 aromatic heterocycles. The average molecular weight is 338 g/mol. The zero-order valence-corrected chi connectivity index (χ0v) is 14.0. The Morgan fingerprint density at radius 2 is 1.90 bits per heavy atom. The molecule has 2 N–H and O–H groups in total. The van der Waals surface area contributed by atoms with Gasteiger partial charge >= 0.3 is 0 Å². The third kappa shape index (κ3) is 4.54. The van der Waals surface area contributed by atoms with Gasteiger partial charge in [-0.3, -0.25) is 0 Å². The van der Waals surface area contributed by atoms with E-state index in [1.54, 1.807) is 6.92 Å². The van der Waals surface area contributed by atoms with E-state index in [2.05, 4.69) is 0 Å². The summed E-state index contributed by atoms with van der Waals surface area (Å²) in [7, 11) is -0.140. The zero-order valence-electron chi connectivity index (χ0n) is 12.4. The van der Waals surface area contributed by atoms with E-state index in [1.807, 2.05) is 19.0 Å². The number of halogens is 2. The average Bonchev–Trinajstić information content (AvgIpc) is 2.38. The molecule has 21 heavy (non-hydrogen) atoms. The van der Waals surface area contributed by atoms with Crippen LogP contribution in [0.3, 0.4) is 0 Å². The van der Waals surface area contributed by atoms with Gasteiger partial charge in [-0.15, -0.1) is 0 Å². The number of benzene rings is 1. The summed E-state index contributed by atoms with van der Waals surface area (Å²) in [5.41, 5.74) is 5.18. The smallest absolute Gasteiger partial charge is 0.246 e. The molecule has 0 unspecified atom stereocenters. The Kier molecular flexibility index (Phi) is 6.40. The minimum atomic E-state index is -3.95. The van der Waals surface area contributed by atoms with Crippen molar-refractivity contribution in [2.45, 2.75) is 18.2 Å². The number of sulfonamides is 1. The van der Waals surface area contributed by atoms with Crippen molar-refractivity contribution in [3.63, 3.8) is 0 Å².